The number of hydrogen-bond acceptors (Lipinski definition) is 4. The third-order valence-electron chi connectivity index (χ3n) is 3.55. The average Bonchev–Trinajstić information content (AvgIpc) is 2.72. The molecular weight excluding hydrogens is 204 g/mol. The second-order valence-electron chi connectivity index (χ2n) is 4.90. The molecule has 0 aromatic carbocycles. The number of ether oxygens (including phenoxy) is 1. The first-order chi connectivity index (χ1) is 7.84. The lowest BCUT2D eigenvalue weighted by molar-refractivity contribution is 0.0369. The summed E-state index contributed by atoms with van der Waals surface area (Å²) in [5.74, 6) is 0. The van der Waals surface area contributed by atoms with Crippen molar-refractivity contribution in [3.63, 3.8) is 0 Å². The zero-order valence-corrected chi connectivity index (χ0v) is 10.1. The van der Waals surface area contributed by atoms with E-state index in [1.165, 1.54) is 19.4 Å². The van der Waals surface area contributed by atoms with Crippen LogP contribution in [0.15, 0.2) is 0 Å². The predicted molar refractivity (Wildman–Crippen MR) is 63.6 cm³/mol. The molecule has 1 N–H and O–H groups in total. The lowest BCUT2D eigenvalue weighted by Crippen LogP contribution is -2.37. The van der Waals surface area contributed by atoms with E-state index < -0.39 is 0 Å². The Morgan fingerprint density at radius 2 is 1.69 bits per heavy atom. The highest BCUT2D eigenvalue weighted by atomic mass is 16.5. The van der Waals surface area contributed by atoms with E-state index in [0.29, 0.717) is 0 Å². The number of likely N-dealkylation sites (tertiary alicyclic amines) is 1. The molecule has 94 valence electrons. The Kier molecular flexibility index (Phi) is 5.03. The van der Waals surface area contributed by atoms with Crippen molar-refractivity contribution in [2.45, 2.75) is 25.4 Å². The predicted octanol–water partition coefficient (Wildman–Crippen LogP) is 0.165. The van der Waals surface area contributed by atoms with Crippen molar-refractivity contribution in [1.82, 2.24) is 9.80 Å². The van der Waals surface area contributed by atoms with Crippen molar-refractivity contribution < 1.29 is 9.84 Å². The number of nitrogens with zero attached hydrogens (tertiary/aromatic N) is 2. The van der Waals surface area contributed by atoms with Crippen LogP contribution < -0.4 is 0 Å². The van der Waals surface area contributed by atoms with Gasteiger partial charge < -0.3 is 14.7 Å². The number of aliphatic hydroxyl groups excluding tert-OH is 1. The number of rotatable bonds is 5. The van der Waals surface area contributed by atoms with Crippen LogP contribution >= 0.6 is 0 Å². The van der Waals surface area contributed by atoms with E-state index in [1.54, 1.807) is 0 Å². The highest BCUT2D eigenvalue weighted by Crippen LogP contribution is 2.09. The minimum absolute atomic E-state index is 0.0701. The molecule has 0 aromatic heterocycles. The van der Waals surface area contributed by atoms with Gasteiger partial charge in [0.2, 0.25) is 0 Å². The molecule has 0 bridgehead atoms. The van der Waals surface area contributed by atoms with Gasteiger partial charge in [0.25, 0.3) is 0 Å². The van der Waals surface area contributed by atoms with Gasteiger partial charge in [-0.05, 0) is 32.4 Å². The van der Waals surface area contributed by atoms with Gasteiger partial charge in [-0.25, -0.2) is 0 Å². The molecule has 2 fully saturated rings. The fourth-order valence-corrected chi connectivity index (χ4v) is 2.51. The summed E-state index contributed by atoms with van der Waals surface area (Å²) < 4.78 is 5.32. The molecule has 16 heavy (non-hydrogen) atoms. The average molecular weight is 228 g/mol. The first-order valence-electron chi connectivity index (χ1n) is 6.55. The van der Waals surface area contributed by atoms with Crippen LogP contribution in [0.4, 0.5) is 0 Å². The van der Waals surface area contributed by atoms with Gasteiger partial charge in [-0.3, -0.25) is 4.90 Å². The number of hydrogen-bond donors (Lipinski definition) is 1. The SMILES string of the molecule is OC1CCN(CCCCN2CCOCC2)C1. The number of aliphatic hydroxyl groups is 1. The highest BCUT2D eigenvalue weighted by molar-refractivity contribution is 4.74. The first-order valence-corrected chi connectivity index (χ1v) is 6.55. The molecule has 0 spiro atoms. The molecule has 0 aliphatic carbocycles. The summed E-state index contributed by atoms with van der Waals surface area (Å²) in [6.07, 6.45) is 3.42. The van der Waals surface area contributed by atoms with E-state index in [4.69, 9.17) is 4.74 Å². The van der Waals surface area contributed by atoms with Gasteiger partial charge in [0.15, 0.2) is 0 Å². The van der Waals surface area contributed by atoms with E-state index in [9.17, 15) is 5.11 Å². The number of unbranched alkanes of at least 4 members (excludes halogenated alkanes) is 1. The molecule has 4 nitrogen and oxygen atoms in total. The standard InChI is InChI=1S/C12H24N2O2/c15-12-3-6-14(11-12)5-2-1-4-13-7-9-16-10-8-13/h12,15H,1-11H2. The maximum absolute atomic E-state index is 9.40. The molecule has 0 saturated carbocycles. The van der Waals surface area contributed by atoms with Gasteiger partial charge in [-0.15, -0.1) is 0 Å². The molecule has 2 saturated heterocycles. The van der Waals surface area contributed by atoms with Crippen molar-refractivity contribution >= 4 is 0 Å². The lowest BCUT2D eigenvalue weighted by atomic mass is 10.2. The Hall–Kier alpha value is -0.160. The molecule has 0 amide bonds. The Labute approximate surface area is 98.2 Å². The van der Waals surface area contributed by atoms with Gasteiger partial charge in [0.05, 0.1) is 19.3 Å². The van der Waals surface area contributed by atoms with Crippen molar-refractivity contribution in [3.8, 4) is 0 Å². The zero-order valence-electron chi connectivity index (χ0n) is 10.1. The summed E-state index contributed by atoms with van der Waals surface area (Å²) in [4.78, 5) is 4.87. The summed E-state index contributed by atoms with van der Waals surface area (Å²) in [5, 5.41) is 9.40. The lowest BCUT2D eigenvalue weighted by Gasteiger charge is -2.26. The summed E-state index contributed by atoms with van der Waals surface area (Å²) in [6, 6.07) is 0. The summed E-state index contributed by atoms with van der Waals surface area (Å²) in [6.45, 7) is 8.33. The minimum atomic E-state index is -0.0701. The van der Waals surface area contributed by atoms with Crippen molar-refractivity contribution in [1.29, 1.82) is 0 Å². The normalized spacial score (nSPS) is 28.7. The largest absolute Gasteiger partial charge is 0.392 e. The van der Waals surface area contributed by atoms with Crippen molar-refractivity contribution in [2.24, 2.45) is 0 Å². The topological polar surface area (TPSA) is 35.9 Å². The van der Waals surface area contributed by atoms with E-state index in [-0.39, 0.29) is 6.10 Å². The Morgan fingerprint density at radius 3 is 2.31 bits per heavy atom. The molecule has 0 radical (unpaired) electrons. The second-order valence-corrected chi connectivity index (χ2v) is 4.90. The summed E-state index contributed by atoms with van der Waals surface area (Å²) in [7, 11) is 0. The monoisotopic (exact) mass is 228 g/mol. The van der Waals surface area contributed by atoms with Crippen LogP contribution in [0, 0.1) is 0 Å². The smallest absolute Gasteiger partial charge is 0.0679 e. The van der Waals surface area contributed by atoms with Crippen LogP contribution in [0.25, 0.3) is 0 Å². The fourth-order valence-electron chi connectivity index (χ4n) is 2.51. The van der Waals surface area contributed by atoms with Crippen LogP contribution in [0.1, 0.15) is 19.3 Å². The van der Waals surface area contributed by atoms with Gasteiger partial charge in [-0.1, -0.05) is 0 Å². The van der Waals surface area contributed by atoms with Crippen molar-refractivity contribution in [3.05, 3.63) is 0 Å². The molecule has 2 rings (SSSR count). The number of β-amino-alcohol motifs (C(OH)–C–C–N with tert-alkyl or cyclic N) is 1. The van der Waals surface area contributed by atoms with Gasteiger partial charge in [0.1, 0.15) is 0 Å². The fraction of sp³-hybridized carbons (Fsp3) is 1.00. The Balaban J connectivity index is 1.48. The molecular formula is C12H24N2O2. The molecule has 2 heterocycles. The van der Waals surface area contributed by atoms with E-state index in [0.717, 1.165) is 52.4 Å². The molecule has 4 heteroatoms. The van der Waals surface area contributed by atoms with Crippen molar-refractivity contribution in [2.75, 3.05) is 52.5 Å². The van der Waals surface area contributed by atoms with Crippen LogP contribution in [0.5, 0.6) is 0 Å². The highest BCUT2D eigenvalue weighted by Gasteiger charge is 2.19. The second kappa shape index (κ2) is 6.55. The van der Waals surface area contributed by atoms with E-state index in [1.807, 2.05) is 0 Å². The Morgan fingerprint density at radius 1 is 1.00 bits per heavy atom. The van der Waals surface area contributed by atoms with Gasteiger partial charge >= 0.3 is 0 Å². The summed E-state index contributed by atoms with van der Waals surface area (Å²) >= 11 is 0. The molecule has 2 aliphatic heterocycles. The zero-order chi connectivity index (χ0) is 11.2. The molecule has 1 unspecified atom stereocenters. The van der Waals surface area contributed by atoms with Crippen LogP contribution in [0.2, 0.25) is 0 Å². The minimum Gasteiger partial charge on any atom is -0.392 e. The van der Waals surface area contributed by atoms with E-state index >= 15 is 0 Å². The first kappa shape index (κ1) is 12.3. The molecule has 0 aromatic rings. The number of morpholine rings is 1. The third-order valence-corrected chi connectivity index (χ3v) is 3.55. The van der Waals surface area contributed by atoms with Gasteiger partial charge in [0, 0.05) is 26.2 Å². The van der Waals surface area contributed by atoms with Gasteiger partial charge in [-0.2, -0.15) is 0 Å². The maximum Gasteiger partial charge on any atom is 0.0679 e. The quantitative estimate of drug-likeness (QED) is 0.680. The maximum atomic E-state index is 9.40. The third kappa shape index (κ3) is 4.01. The van der Waals surface area contributed by atoms with Crippen LogP contribution in [-0.2, 0) is 4.74 Å². The van der Waals surface area contributed by atoms with Crippen LogP contribution in [0.3, 0.4) is 0 Å². The Bertz CT molecular complexity index is 189. The van der Waals surface area contributed by atoms with Crippen LogP contribution in [-0.4, -0.2) is 73.5 Å². The summed E-state index contributed by atoms with van der Waals surface area (Å²) in [5.41, 5.74) is 0. The van der Waals surface area contributed by atoms with E-state index in [2.05, 4.69) is 9.80 Å². The molecule has 1 atom stereocenters. The molecule has 2 aliphatic rings.